The molecule has 0 aromatic heterocycles. The van der Waals surface area contributed by atoms with Gasteiger partial charge in [0.15, 0.2) is 0 Å². The Bertz CT molecular complexity index is 629. The molecule has 0 bridgehead atoms. The maximum Gasteiger partial charge on any atom is 0.320 e. The van der Waals surface area contributed by atoms with Gasteiger partial charge in [-0.3, -0.25) is 4.79 Å². The number of ether oxygens (including phenoxy) is 1. The topological polar surface area (TPSA) is 35.5 Å². The van der Waals surface area contributed by atoms with E-state index in [2.05, 4.69) is 60.3 Å². The van der Waals surface area contributed by atoms with E-state index >= 15 is 0 Å². The van der Waals surface area contributed by atoms with Crippen molar-refractivity contribution >= 4 is 14.3 Å². The van der Waals surface area contributed by atoms with Gasteiger partial charge in [-0.1, -0.05) is 78.5 Å². The summed E-state index contributed by atoms with van der Waals surface area (Å²) in [6, 6.07) is 10.1. The van der Waals surface area contributed by atoms with Gasteiger partial charge in [-0.2, -0.15) is 0 Å². The molecule has 26 heavy (non-hydrogen) atoms. The van der Waals surface area contributed by atoms with Crippen LogP contribution in [0.3, 0.4) is 0 Å². The minimum Gasteiger partial charge on any atom is -0.545 e. The molecule has 0 heterocycles. The van der Waals surface area contributed by atoms with E-state index in [1.54, 1.807) is 0 Å². The van der Waals surface area contributed by atoms with Crippen molar-refractivity contribution in [2.24, 2.45) is 5.41 Å². The zero-order valence-corrected chi connectivity index (χ0v) is 18.3. The van der Waals surface area contributed by atoms with Crippen LogP contribution in [-0.4, -0.2) is 21.4 Å². The fourth-order valence-corrected chi connectivity index (χ4v) is 10.2. The third-order valence-electron chi connectivity index (χ3n) is 6.22. The molecule has 0 unspecified atom stereocenters. The Labute approximate surface area is 159 Å². The van der Waals surface area contributed by atoms with Gasteiger partial charge in [0.25, 0.3) is 8.32 Å². The van der Waals surface area contributed by atoms with Crippen LogP contribution in [-0.2, 0) is 14.0 Å². The first-order valence-electron chi connectivity index (χ1n) is 9.66. The number of esters is 1. The molecule has 1 fully saturated rings. The highest BCUT2D eigenvalue weighted by molar-refractivity contribution is 6.77. The Morgan fingerprint density at radius 3 is 2.00 bits per heavy atom. The van der Waals surface area contributed by atoms with Crippen molar-refractivity contribution in [2.75, 3.05) is 7.11 Å². The van der Waals surface area contributed by atoms with Crippen molar-refractivity contribution in [2.45, 2.75) is 70.5 Å². The van der Waals surface area contributed by atoms with Crippen LogP contribution in [0, 0.1) is 5.41 Å². The number of carbonyl (C=O) groups is 1. The van der Waals surface area contributed by atoms with Gasteiger partial charge in [-0.05, 0) is 28.6 Å². The van der Waals surface area contributed by atoms with E-state index in [1.807, 2.05) is 18.2 Å². The standard InChI is InChI=1S/C22H34O3Si/c1-15(2)26(16(3)4,17(5)6)25-18(7)22(21(23)24-8)14-20(22)19-12-10-9-11-13-19/h9-13,15-17,20H,7,14H2,1-6,8H3/t20-,22-/m0/s1. The number of hydrogen-bond acceptors (Lipinski definition) is 3. The van der Waals surface area contributed by atoms with Crippen molar-refractivity contribution < 1.29 is 14.0 Å². The molecule has 1 aliphatic carbocycles. The molecule has 4 heteroatoms. The van der Waals surface area contributed by atoms with Crippen LogP contribution in [0.4, 0.5) is 0 Å². The quantitative estimate of drug-likeness (QED) is 0.316. The van der Waals surface area contributed by atoms with E-state index in [4.69, 9.17) is 9.16 Å². The molecular formula is C22H34O3Si. The zero-order chi connectivity index (χ0) is 19.7. The smallest absolute Gasteiger partial charge is 0.320 e. The van der Waals surface area contributed by atoms with Crippen LogP contribution < -0.4 is 0 Å². The van der Waals surface area contributed by atoms with Crippen LogP contribution >= 0.6 is 0 Å². The van der Waals surface area contributed by atoms with Gasteiger partial charge in [-0.15, -0.1) is 0 Å². The molecule has 1 saturated carbocycles. The summed E-state index contributed by atoms with van der Waals surface area (Å²) < 4.78 is 11.9. The second-order valence-electron chi connectivity index (χ2n) is 8.47. The summed E-state index contributed by atoms with van der Waals surface area (Å²) >= 11 is 0. The maximum absolute atomic E-state index is 12.8. The van der Waals surface area contributed by atoms with Crippen LogP contribution in [0.5, 0.6) is 0 Å². The Morgan fingerprint density at radius 2 is 1.58 bits per heavy atom. The average molecular weight is 375 g/mol. The van der Waals surface area contributed by atoms with Crippen molar-refractivity contribution in [3.63, 3.8) is 0 Å². The third-order valence-corrected chi connectivity index (χ3v) is 12.2. The average Bonchev–Trinajstić information content (AvgIpc) is 3.35. The highest BCUT2D eigenvalue weighted by Gasteiger charge is 2.66. The van der Waals surface area contributed by atoms with E-state index in [0.29, 0.717) is 28.8 Å². The summed E-state index contributed by atoms with van der Waals surface area (Å²) in [6.45, 7) is 17.7. The van der Waals surface area contributed by atoms with Crippen molar-refractivity contribution in [1.29, 1.82) is 0 Å². The minimum atomic E-state index is -2.16. The second-order valence-corrected chi connectivity index (χ2v) is 13.8. The molecule has 0 N–H and O–H groups in total. The molecule has 0 radical (unpaired) electrons. The SMILES string of the molecule is C=C(O[Si](C(C)C)(C(C)C)C(C)C)[C@@]1(C(=O)OC)C[C@H]1c1ccccc1. The summed E-state index contributed by atoms with van der Waals surface area (Å²) in [5, 5.41) is 0. The number of carbonyl (C=O) groups excluding carboxylic acids is 1. The molecule has 0 saturated heterocycles. The highest BCUT2D eigenvalue weighted by atomic mass is 28.4. The minimum absolute atomic E-state index is 0.0850. The van der Waals surface area contributed by atoms with E-state index in [1.165, 1.54) is 7.11 Å². The molecule has 0 spiro atoms. The van der Waals surface area contributed by atoms with E-state index < -0.39 is 13.7 Å². The first kappa shape index (κ1) is 20.8. The van der Waals surface area contributed by atoms with Gasteiger partial charge in [0.1, 0.15) is 5.41 Å². The molecule has 3 nitrogen and oxygen atoms in total. The number of hydrogen-bond donors (Lipinski definition) is 0. The molecule has 2 rings (SSSR count). The summed E-state index contributed by atoms with van der Waals surface area (Å²) in [4.78, 5) is 12.8. The lowest BCUT2D eigenvalue weighted by Crippen LogP contribution is -2.48. The Kier molecular flexibility index (Phi) is 6.06. The molecule has 0 amide bonds. The predicted molar refractivity (Wildman–Crippen MR) is 110 cm³/mol. The van der Waals surface area contributed by atoms with E-state index in [0.717, 1.165) is 5.56 Å². The van der Waals surface area contributed by atoms with Crippen molar-refractivity contribution in [1.82, 2.24) is 0 Å². The molecule has 1 aromatic carbocycles. The third kappa shape index (κ3) is 3.24. The number of benzene rings is 1. The molecule has 0 aliphatic heterocycles. The fourth-order valence-electron chi connectivity index (χ4n) is 4.84. The summed E-state index contributed by atoms with van der Waals surface area (Å²) in [7, 11) is -0.703. The van der Waals surface area contributed by atoms with E-state index in [-0.39, 0.29) is 11.9 Å². The lowest BCUT2D eigenvalue weighted by Gasteiger charge is -2.43. The Morgan fingerprint density at radius 1 is 1.08 bits per heavy atom. The summed E-state index contributed by atoms with van der Waals surface area (Å²) in [5.74, 6) is 0.471. The lowest BCUT2D eigenvalue weighted by molar-refractivity contribution is -0.146. The first-order chi connectivity index (χ1) is 12.1. The Hall–Kier alpha value is -1.55. The van der Waals surface area contributed by atoms with Gasteiger partial charge < -0.3 is 9.16 Å². The van der Waals surface area contributed by atoms with E-state index in [9.17, 15) is 4.79 Å². The van der Waals surface area contributed by atoms with Crippen LogP contribution in [0.2, 0.25) is 16.6 Å². The van der Waals surface area contributed by atoms with Gasteiger partial charge in [0, 0.05) is 5.92 Å². The number of methoxy groups -OCH3 is 1. The van der Waals surface area contributed by atoms with Crippen LogP contribution in [0.15, 0.2) is 42.7 Å². The fraction of sp³-hybridized carbons (Fsp3) is 0.591. The molecule has 2 atom stereocenters. The van der Waals surface area contributed by atoms with Gasteiger partial charge in [0.2, 0.25) is 0 Å². The normalized spacial score (nSPS) is 22.6. The summed E-state index contributed by atoms with van der Waals surface area (Å²) in [5.41, 5.74) is 1.70. The maximum atomic E-state index is 12.8. The predicted octanol–water partition coefficient (Wildman–Crippen LogP) is 6.04. The van der Waals surface area contributed by atoms with Crippen LogP contribution in [0.25, 0.3) is 0 Å². The van der Waals surface area contributed by atoms with Crippen molar-refractivity contribution in [3.05, 3.63) is 48.2 Å². The molecule has 144 valence electrons. The van der Waals surface area contributed by atoms with Crippen molar-refractivity contribution in [3.8, 4) is 0 Å². The van der Waals surface area contributed by atoms with Gasteiger partial charge in [0.05, 0.1) is 12.9 Å². The largest absolute Gasteiger partial charge is 0.545 e. The molecular weight excluding hydrogens is 340 g/mol. The monoisotopic (exact) mass is 374 g/mol. The highest BCUT2D eigenvalue weighted by Crippen LogP contribution is 2.65. The number of rotatable bonds is 8. The zero-order valence-electron chi connectivity index (χ0n) is 17.3. The van der Waals surface area contributed by atoms with Gasteiger partial charge >= 0.3 is 5.97 Å². The Balaban J connectivity index is 2.39. The first-order valence-corrected chi connectivity index (χ1v) is 11.8. The second kappa shape index (κ2) is 7.59. The molecule has 1 aliphatic rings. The van der Waals surface area contributed by atoms with Crippen LogP contribution in [0.1, 0.15) is 59.4 Å². The van der Waals surface area contributed by atoms with Gasteiger partial charge in [-0.25, -0.2) is 0 Å². The summed E-state index contributed by atoms with van der Waals surface area (Å²) in [6.07, 6.45) is 0.710. The lowest BCUT2D eigenvalue weighted by atomic mass is 9.97. The molecule has 1 aromatic rings.